The van der Waals surface area contributed by atoms with Gasteiger partial charge in [0.1, 0.15) is 29.4 Å². The van der Waals surface area contributed by atoms with Gasteiger partial charge in [-0.3, -0.25) is 38.8 Å². The summed E-state index contributed by atoms with van der Waals surface area (Å²) in [7, 11) is 1.66. The molecule has 12 rings (SSSR count). The first-order valence-corrected chi connectivity index (χ1v) is 49.3. The molecule has 4 aliphatic heterocycles. The van der Waals surface area contributed by atoms with Crippen molar-refractivity contribution in [2.24, 2.45) is 41.4 Å². The van der Waals surface area contributed by atoms with Gasteiger partial charge in [-0.15, -0.1) is 0 Å². The van der Waals surface area contributed by atoms with Crippen molar-refractivity contribution in [3.63, 3.8) is 0 Å². The van der Waals surface area contributed by atoms with E-state index in [0.29, 0.717) is 144 Å². The third kappa shape index (κ3) is 33.8. The van der Waals surface area contributed by atoms with Crippen LogP contribution < -0.4 is 0 Å². The summed E-state index contributed by atoms with van der Waals surface area (Å²) in [6, 6.07) is 34.5. The average molecular weight is 2070 g/mol. The fraction of sp³-hybridized carbons (Fsp3) is 0.536. The molecule has 145 heavy (non-hydrogen) atoms. The Morgan fingerprint density at radius 1 is 0.317 bits per heavy atom. The molecule has 8 aromatic rings. The molecule has 0 radical (unpaired) electrons. The summed E-state index contributed by atoms with van der Waals surface area (Å²) in [6.45, 7) is 25.7. The van der Waals surface area contributed by atoms with E-state index in [1.165, 1.54) is 91.2 Å². The standard InChI is InChI=1S/C31H38F7NO.3C27H31F6NO/c1-19(2)13-14-39-27(7-6-8-28(39)31(36,37)38)24-15-23(22-9-11-25(12-10-22)30(33,34)35)16-26(17-24)29(32,21(5)40)18-20(3)4;1-16(2)11-24(17(3)35)20-12-19(18-5-7-22(8-6-18)26(28,29)30)13-21(14-20)25-10-9-23(15-34(25)4)27(31,32)33;1-17(2)10-11-34-16-24(27(31,32)33)8-9-25(34)22-14-19(12-18(3)35)13-21(15-22)20-4-6-23(7-5-20)26(28,29)30;1-17(2)11-12-34-24(5-4-6-25(34)27(31,32)33)22-15-19(13-18(3)35)14-21(16-22)20-7-9-23(10-8-20)26(28,29)30/h9-12,15-17,19-20,27-28H,6-8,13-14,18H2,1-5H3;5-8,12-14,16,23-25H,9-11,15H2,1-4H3;4-7,13-15,17,24-25H,8-12,16H2,1-3H3;7-10,14-17,24-25H,4-6,11-13H2,1-3H3. The Kier molecular flexibility index (Phi) is 40.5. The fourth-order valence-electron chi connectivity index (χ4n) is 20.0. The lowest BCUT2D eigenvalue weighted by molar-refractivity contribution is -0.200. The Balaban J connectivity index is 0.000000216. The Labute approximate surface area is 833 Å². The molecule has 10 atom stereocenters. The largest absolute Gasteiger partial charge is 0.416 e. The van der Waals surface area contributed by atoms with E-state index in [0.717, 1.165) is 78.6 Å². The van der Waals surface area contributed by atoms with E-state index in [2.05, 4.69) is 0 Å². The zero-order chi connectivity index (χ0) is 108. The molecule has 798 valence electrons. The molecule has 0 N–H and O–H groups in total. The van der Waals surface area contributed by atoms with E-state index in [1.54, 1.807) is 56.1 Å². The van der Waals surface area contributed by atoms with Gasteiger partial charge in [0.05, 0.1) is 34.1 Å². The van der Waals surface area contributed by atoms with Crippen LogP contribution in [0.3, 0.4) is 0 Å². The van der Waals surface area contributed by atoms with Gasteiger partial charge in [-0.25, -0.2) is 4.39 Å². The number of piperidine rings is 4. The SMILES string of the molecule is CC(=O)C(CC(C)C)c1cc(-c2ccc(C(F)(F)F)cc2)cc(C2CCC(C(F)(F)F)CN2C)c1.CC(=O)C(F)(CC(C)C)c1cc(-c2ccc(C(F)(F)F)cc2)cc(C2CCCC(C(F)(F)F)N2CCC(C)C)c1.CC(=O)Cc1cc(-c2ccc(C(F)(F)F)cc2)cc(C2CCC(C(F)(F)F)CN2CCC(C)C)c1.CC(=O)Cc1cc(-c2ccc(C(F)(F)F)cc2)cc(C2CCCC(C(F)(F)F)N2CCC(C)C)c1. The molecule has 4 fully saturated rings. The summed E-state index contributed by atoms with van der Waals surface area (Å²) in [5.41, 5.74) is 3.43. The Morgan fingerprint density at radius 3 is 0.966 bits per heavy atom. The predicted octanol–water partition coefficient (Wildman–Crippen LogP) is 33.6. The van der Waals surface area contributed by atoms with Gasteiger partial charge in [0, 0.05) is 56.0 Å². The zero-order valence-electron chi connectivity index (χ0n) is 84.2. The molecular formula is C112H131F25N4O4. The number of Topliss-reactive ketones (excluding diaryl/α,β-unsaturated/α-hetero) is 4. The van der Waals surface area contributed by atoms with Crippen molar-refractivity contribution in [1.29, 1.82) is 0 Å². The second-order valence-corrected chi connectivity index (χ2v) is 41.6. The predicted molar refractivity (Wildman–Crippen MR) is 514 cm³/mol. The zero-order valence-corrected chi connectivity index (χ0v) is 84.2. The van der Waals surface area contributed by atoms with Crippen LogP contribution in [0.1, 0.15) is 290 Å². The quantitative estimate of drug-likeness (QED) is 0.0429. The minimum atomic E-state index is -4.54. The van der Waals surface area contributed by atoms with Crippen molar-refractivity contribution < 1.29 is 129 Å². The summed E-state index contributed by atoms with van der Waals surface area (Å²) in [6.07, 6.45) is -30.3. The number of benzene rings is 8. The smallest absolute Gasteiger partial charge is 0.300 e. The van der Waals surface area contributed by atoms with Crippen molar-refractivity contribution >= 4 is 23.1 Å². The van der Waals surface area contributed by atoms with Crippen molar-refractivity contribution in [2.75, 3.05) is 39.8 Å². The molecule has 4 saturated heterocycles. The van der Waals surface area contributed by atoms with Gasteiger partial charge in [0.15, 0.2) is 11.5 Å². The van der Waals surface area contributed by atoms with Gasteiger partial charge in [0.2, 0.25) is 0 Å². The first-order valence-electron chi connectivity index (χ1n) is 49.3. The Morgan fingerprint density at radius 2 is 0.648 bits per heavy atom. The van der Waals surface area contributed by atoms with E-state index in [-0.39, 0.29) is 123 Å². The highest BCUT2D eigenvalue weighted by Crippen LogP contribution is 2.51. The van der Waals surface area contributed by atoms with Gasteiger partial charge in [-0.1, -0.05) is 160 Å². The van der Waals surface area contributed by atoms with Crippen LogP contribution in [0, 0.1) is 41.4 Å². The maximum atomic E-state index is 16.5. The van der Waals surface area contributed by atoms with Crippen LogP contribution in [0.5, 0.6) is 0 Å². The number of likely N-dealkylation sites (tertiary alicyclic amines) is 4. The first-order chi connectivity index (χ1) is 67.1. The van der Waals surface area contributed by atoms with E-state index < -0.39 is 125 Å². The third-order valence-corrected chi connectivity index (χ3v) is 27.5. The van der Waals surface area contributed by atoms with Crippen LogP contribution in [0.2, 0.25) is 0 Å². The van der Waals surface area contributed by atoms with Crippen LogP contribution >= 0.6 is 0 Å². The average Bonchev–Trinajstić information content (AvgIpc) is 0.762. The van der Waals surface area contributed by atoms with Gasteiger partial charge >= 0.3 is 49.4 Å². The Hall–Kier alpha value is -9.47. The molecule has 33 heteroatoms. The van der Waals surface area contributed by atoms with Crippen LogP contribution in [0.4, 0.5) is 110 Å². The fourth-order valence-corrected chi connectivity index (χ4v) is 20.0. The van der Waals surface area contributed by atoms with Crippen LogP contribution in [-0.2, 0) is 62.4 Å². The lowest BCUT2D eigenvalue weighted by Gasteiger charge is -2.43. The summed E-state index contributed by atoms with van der Waals surface area (Å²) in [5, 5.41) is 0. The lowest BCUT2D eigenvalue weighted by atomic mass is 9.80. The molecule has 8 aromatic carbocycles. The van der Waals surface area contributed by atoms with E-state index in [4.69, 9.17) is 0 Å². The molecule has 4 heterocycles. The second kappa shape index (κ2) is 49.3. The summed E-state index contributed by atoms with van der Waals surface area (Å²) in [5.74, 6) is -3.38. The van der Waals surface area contributed by atoms with E-state index in [9.17, 15) is 125 Å². The van der Waals surface area contributed by atoms with Gasteiger partial charge in [-0.05, 0) is 348 Å². The molecule has 0 spiro atoms. The monoisotopic (exact) mass is 2070 g/mol. The molecule has 0 aromatic heterocycles. The third-order valence-electron chi connectivity index (χ3n) is 27.5. The summed E-state index contributed by atoms with van der Waals surface area (Å²) < 4.78 is 338. The molecule has 10 unspecified atom stereocenters. The number of rotatable bonds is 29. The minimum Gasteiger partial charge on any atom is -0.300 e. The number of hydrogen-bond acceptors (Lipinski definition) is 8. The van der Waals surface area contributed by atoms with Crippen molar-refractivity contribution in [3.8, 4) is 44.5 Å². The molecule has 4 aliphatic rings. The maximum Gasteiger partial charge on any atom is 0.416 e. The number of halogens is 25. The number of nitrogens with zero attached hydrogens (tertiary/aromatic N) is 4. The second-order valence-electron chi connectivity index (χ2n) is 41.6. The van der Waals surface area contributed by atoms with E-state index in [1.807, 2.05) is 90.6 Å². The highest BCUT2D eigenvalue weighted by Gasteiger charge is 2.52. The van der Waals surface area contributed by atoms with Crippen molar-refractivity contribution in [1.82, 2.24) is 19.6 Å². The number of alkyl halides is 25. The molecule has 0 bridgehead atoms. The summed E-state index contributed by atoms with van der Waals surface area (Å²) >= 11 is 0. The lowest BCUT2D eigenvalue weighted by Crippen LogP contribution is -2.50. The van der Waals surface area contributed by atoms with Crippen molar-refractivity contribution in [3.05, 3.63) is 237 Å². The van der Waals surface area contributed by atoms with Crippen LogP contribution in [-0.4, -0.2) is 119 Å². The van der Waals surface area contributed by atoms with Gasteiger partial charge < -0.3 is 0 Å². The molecule has 8 nitrogen and oxygen atoms in total. The number of carbonyl (C=O) groups excluding carboxylic acids is 4. The maximum absolute atomic E-state index is 16.5. The summed E-state index contributed by atoms with van der Waals surface area (Å²) in [4.78, 5) is 55.4. The van der Waals surface area contributed by atoms with Crippen molar-refractivity contribution in [2.45, 2.75) is 303 Å². The first kappa shape index (κ1) is 119. The molecule has 0 saturated carbocycles. The van der Waals surface area contributed by atoms with Gasteiger partial charge in [0.25, 0.3) is 0 Å². The molecule has 0 amide bonds. The van der Waals surface area contributed by atoms with Crippen LogP contribution in [0.15, 0.2) is 170 Å². The normalized spacial score (nSPS) is 20.3. The number of ketones is 4. The highest BCUT2D eigenvalue weighted by atomic mass is 19.4. The molecular weight excluding hydrogens is 1940 g/mol. The number of carbonyl (C=O) groups is 4. The van der Waals surface area contributed by atoms with Gasteiger partial charge in [-0.2, -0.15) is 105 Å². The number of hydrogen-bond donors (Lipinski definition) is 0. The van der Waals surface area contributed by atoms with Crippen LogP contribution in [0.25, 0.3) is 44.5 Å². The van der Waals surface area contributed by atoms with E-state index >= 15 is 4.39 Å². The molecule has 0 aliphatic carbocycles. The topological polar surface area (TPSA) is 81.2 Å². The Bertz CT molecular complexity index is 5560. The minimum absolute atomic E-state index is 0.000474. The highest BCUT2D eigenvalue weighted by molar-refractivity contribution is 5.87.